The Balaban J connectivity index is 0.000000131. The molecule has 0 saturated heterocycles. The quantitative estimate of drug-likeness (QED) is 0.162. The van der Waals surface area contributed by atoms with Crippen molar-refractivity contribution in [2.45, 2.75) is 0 Å². The molecule has 5 aromatic carbocycles. The third kappa shape index (κ3) is 4.70. The molecule has 0 bridgehead atoms. The number of thiophene rings is 2. The zero-order chi connectivity index (χ0) is 26.7. The highest BCUT2D eigenvalue weighted by molar-refractivity contribution is 9.11. The molecule has 0 amide bonds. The highest BCUT2D eigenvalue weighted by atomic mass is 79.9. The normalized spacial score (nSPS) is 11.6. The largest absolute Gasteiger partial charge is 0.172 e. The van der Waals surface area contributed by atoms with Gasteiger partial charge in [0, 0.05) is 29.8 Å². The van der Waals surface area contributed by atoms with Crippen molar-refractivity contribution in [3.8, 4) is 20.9 Å². The van der Waals surface area contributed by atoms with Crippen LogP contribution < -0.4 is 0 Å². The Morgan fingerprint density at radius 3 is 1.31 bits per heavy atom. The lowest BCUT2D eigenvalue weighted by Gasteiger charge is -2.12. The molecule has 0 aliphatic carbocycles. The van der Waals surface area contributed by atoms with Crippen LogP contribution in [0, 0.1) is 0 Å². The second kappa shape index (κ2) is 10.6. The lowest BCUT2D eigenvalue weighted by molar-refractivity contribution is 1.63. The number of benzene rings is 5. The van der Waals surface area contributed by atoms with E-state index in [0.29, 0.717) is 0 Å². The number of hydrogen-bond donors (Lipinski definition) is 0. The Morgan fingerprint density at radius 2 is 0.897 bits per heavy atom. The maximum absolute atomic E-state index is 4.51. The van der Waals surface area contributed by atoms with E-state index in [1.54, 1.807) is 22.7 Å². The van der Waals surface area contributed by atoms with Crippen molar-refractivity contribution in [3.05, 3.63) is 101 Å². The molecule has 0 spiro atoms. The zero-order valence-electron chi connectivity index (χ0n) is 19.7. The fraction of sp³-hybridized carbons (Fsp3) is 0. The van der Waals surface area contributed by atoms with Crippen LogP contribution in [0.5, 0.6) is 0 Å². The Labute approximate surface area is 269 Å². The molecule has 8 aromatic rings. The molecule has 0 saturated carbocycles. The van der Waals surface area contributed by atoms with Gasteiger partial charge in [0.25, 0.3) is 0 Å². The van der Waals surface area contributed by atoms with E-state index in [1.165, 1.54) is 53.8 Å². The molecule has 9 heteroatoms. The van der Waals surface area contributed by atoms with Crippen molar-refractivity contribution in [2.24, 2.45) is 0 Å². The SMILES string of the molecule is Brc1ccc(-c2ccc(-c3ccc(Br)s3)c3nsnc23)s1.Brc1ccc2ccc3c(Br)ccc4ccc1c2c43. The first-order valence-electron chi connectivity index (χ1n) is 11.8. The minimum atomic E-state index is 0.983. The summed E-state index contributed by atoms with van der Waals surface area (Å²) in [6, 6.07) is 30.0. The number of halogens is 4. The van der Waals surface area contributed by atoms with Gasteiger partial charge in [-0.1, -0.05) is 80.4 Å². The summed E-state index contributed by atoms with van der Waals surface area (Å²) >= 11 is 19.0. The lowest BCUT2D eigenvalue weighted by Crippen LogP contribution is -1.85. The molecule has 190 valence electrons. The van der Waals surface area contributed by atoms with Crippen molar-refractivity contribution in [1.29, 1.82) is 0 Å². The van der Waals surface area contributed by atoms with Crippen LogP contribution in [0.25, 0.3) is 64.2 Å². The molecule has 0 unspecified atom stereocenters. The molecule has 39 heavy (non-hydrogen) atoms. The number of aromatic nitrogens is 2. The summed E-state index contributed by atoms with van der Waals surface area (Å²) in [5, 5.41) is 7.85. The smallest absolute Gasteiger partial charge is 0.114 e. The third-order valence-corrected chi connectivity index (χ3v) is 11.9. The topological polar surface area (TPSA) is 25.8 Å². The van der Waals surface area contributed by atoms with Gasteiger partial charge in [-0.05, 0) is 101 Å². The van der Waals surface area contributed by atoms with Crippen LogP contribution in [0.1, 0.15) is 0 Å². The molecule has 0 radical (unpaired) electrons. The van der Waals surface area contributed by atoms with Crippen LogP contribution in [-0.4, -0.2) is 8.75 Å². The molecule has 0 N–H and O–H groups in total. The van der Waals surface area contributed by atoms with E-state index in [1.807, 2.05) is 0 Å². The lowest BCUT2D eigenvalue weighted by atomic mass is 9.94. The van der Waals surface area contributed by atoms with E-state index in [4.69, 9.17) is 0 Å². The van der Waals surface area contributed by atoms with Gasteiger partial charge in [0.1, 0.15) is 11.0 Å². The van der Waals surface area contributed by atoms with Gasteiger partial charge in [-0.15, -0.1) is 22.7 Å². The predicted octanol–water partition coefficient (Wildman–Crippen LogP) is 12.8. The van der Waals surface area contributed by atoms with E-state index in [-0.39, 0.29) is 0 Å². The summed E-state index contributed by atoms with van der Waals surface area (Å²) < 4.78 is 13.6. The van der Waals surface area contributed by atoms with Gasteiger partial charge in [0.05, 0.1) is 19.3 Å². The maximum Gasteiger partial charge on any atom is 0.114 e. The van der Waals surface area contributed by atoms with E-state index in [0.717, 1.165) is 38.7 Å². The highest BCUT2D eigenvalue weighted by Crippen LogP contribution is 2.41. The molecule has 0 fully saturated rings. The Kier molecular flexibility index (Phi) is 7.12. The molecule has 0 atom stereocenters. The maximum atomic E-state index is 4.51. The molecule has 3 heterocycles. The number of nitrogens with zero attached hydrogens (tertiary/aromatic N) is 2. The van der Waals surface area contributed by atoms with Gasteiger partial charge < -0.3 is 0 Å². The van der Waals surface area contributed by atoms with Gasteiger partial charge in [-0.25, -0.2) is 0 Å². The van der Waals surface area contributed by atoms with Crippen LogP contribution >= 0.6 is 98.1 Å². The highest BCUT2D eigenvalue weighted by Gasteiger charge is 2.15. The molecular formula is C30H14Br4N2S3. The standard InChI is InChI=1S/C16H8Br2.C14H6Br2N2S3/c17-13-8-4-10-2-6-12-14(18)7-3-9-1-5-11(13)16(10)15(9)12;15-11-5-3-9(19-11)7-1-2-8(10-4-6-12(16)20-10)14-13(7)17-21-18-14/h1-8H;1-6H. The van der Waals surface area contributed by atoms with E-state index < -0.39 is 0 Å². The average molecular weight is 818 g/mol. The molecule has 2 nitrogen and oxygen atoms in total. The second-order valence-corrected chi connectivity index (χ2v) is 16.0. The molecule has 3 aromatic heterocycles. The minimum absolute atomic E-state index is 0.983. The van der Waals surface area contributed by atoms with Crippen LogP contribution in [0.15, 0.2) is 101 Å². The van der Waals surface area contributed by atoms with E-state index in [9.17, 15) is 0 Å². The van der Waals surface area contributed by atoms with Crippen molar-refractivity contribution in [2.75, 3.05) is 0 Å². The van der Waals surface area contributed by atoms with Gasteiger partial charge in [0.15, 0.2) is 0 Å². The van der Waals surface area contributed by atoms with Crippen molar-refractivity contribution < 1.29 is 0 Å². The summed E-state index contributed by atoms with van der Waals surface area (Å²) in [5.74, 6) is 0. The number of rotatable bonds is 2. The van der Waals surface area contributed by atoms with Crippen LogP contribution in [0.2, 0.25) is 0 Å². The predicted molar refractivity (Wildman–Crippen MR) is 185 cm³/mol. The molecule has 0 aliphatic heterocycles. The van der Waals surface area contributed by atoms with Crippen molar-refractivity contribution in [1.82, 2.24) is 8.75 Å². The first kappa shape index (κ1) is 26.2. The summed E-state index contributed by atoms with van der Waals surface area (Å²) in [5.41, 5.74) is 4.26. The Hall–Kier alpha value is -1.72. The summed E-state index contributed by atoms with van der Waals surface area (Å²) in [7, 11) is 0. The summed E-state index contributed by atoms with van der Waals surface area (Å²) in [4.78, 5) is 2.41. The fourth-order valence-corrected chi connectivity index (χ4v) is 9.24. The molecule has 0 aliphatic rings. The third-order valence-electron chi connectivity index (χ3n) is 6.65. The number of fused-ring (bicyclic) bond motifs is 1. The monoisotopic (exact) mass is 814 g/mol. The van der Waals surface area contributed by atoms with Gasteiger partial charge in [-0.2, -0.15) is 8.75 Å². The summed E-state index contributed by atoms with van der Waals surface area (Å²) in [6.07, 6.45) is 0. The Morgan fingerprint density at radius 1 is 0.462 bits per heavy atom. The van der Waals surface area contributed by atoms with Crippen molar-refractivity contribution in [3.63, 3.8) is 0 Å². The molecule has 8 rings (SSSR count). The van der Waals surface area contributed by atoms with E-state index >= 15 is 0 Å². The summed E-state index contributed by atoms with van der Waals surface area (Å²) in [6.45, 7) is 0. The fourth-order valence-electron chi connectivity index (χ4n) is 4.91. The first-order valence-corrected chi connectivity index (χ1v) is 17.3. The van der Waals surface area contributed by atoms with Gasteiger partial charge >= 0.3 is 0 Å². The van der Waals surface area contributed by atoms with Crippen LogP contribution in [-0.2, 0) is 0 Å². The van der Waals surface area contributed by atoms with Gasteiger partial charge in [-0.3, -0.25) is 0 Å². The zero-order valence-corrected chi connectivity index (χ0v) is 28.5. The average Bonchev–Trinajstić information content (AvgIpc) is 3.71. The first-order chi connectivity index (χ1) is 19.0. The van der Waals surface area contributed by atoms with Crippen LogP contribution in [0.3, 0.4) is 0 Å². The van der Waals surface area contributed by atoms with Crippen LogP contribution in [0.4, 0.5) is 0 Å². The van der Waals surface area contributed by atoms with E-state index in [2.05, 4.69) is 157 Å². The minimum Gasteiger partial charge on any atom is -0.172 e. The molecular weight excluding hydrogens is 804 g/mol. The van der Waals surface area contributed by atoms with Gasteiger partial charge in [0.2, 0.25) is 0 Å². The second-order valence-electron chi connectivity index (χ2n) is 8.85. The van der Waals surface area contributed by atoms with Crippen molar-refractivity contribution >= 4 is 141 Å². The Bertz CT molecular complexity index is 1990. The number of hydrogen-bond acceptors (Lipinski definition) is 5.